The van der Waals surface area contributed by atoms with E-state index in [9.17, 15) is 0 Å². The second-order valence-corrected chi connectivity index (χ2v) is 7.53. The van der Waals surface area contributed by atoms with Gasteiger partial charge < -0.3 is 15.5 Å². The quantitative estimate of drug-likeness (QED) is 0.295. The minimum atomic E-state index is 0. The van der Waals surface area contributed by atoms with Crippen molar-refractivity contribution in [3.8, 4) is 0 Å². The van der Waals surface area contributed by atoms with Gasteiger partial charge in [-0.3, -0.25) is 9.89 Å². The fraction of sp³-hybridized carbons (Fsp3) is 0.947. The van der Waals surface area contributed by atoms with Gasteiger partial charge in [0.2, 0.25) is 0 Å². The first-order valence-electron chi connectivity index (χ1n) is 9.98. The van der Waals surface area contributed by atoms with Gasteiger partial charge in [-0.05, 0) is 66.5 Å². The van der Waals surface area contributed by atoms with Crippen LogP contribution in [0.4, 0.5) is 0 Å². The van der Waals surface area contributed by atoms with Crippen LogP contribution in [0.1, 0.15) is 54.4 Å². The molecule has 6 heteroatoms. The molecule has 1 heterocycles. The maximum Gasteiger partial charge on any atom is 0.191 e. The molecule has 1 rings (SSSR count). The van der Waals surface area contributed by atoms with E-state index in [1.54, 1.807) is 0 Å². The monoisotopic (exact) mass is 467 g/mol. The maximum absolute atomic E-state index is 4.83. The van der Waals surface area contributed by atoms with E-state index in [-0.39, 0.29) is 24.0 Å². The Hall–Kier alpha value is -0.0800. The molecular weight excluding hydrogens is 425 g/mol. The number of halogens is 1. The van der Waals surface area contributed by atoms with Gasteiger partial charge in [-0.2, -0.15) is 0 Å². The Labute approximate surface area is 173 Å². The van der Waals surface area contributed by atoms with Crippen LogP contribution in [0.15, 0.2) is 4.99 Å². The lowest BCUT2D eigenvalue weighted by Crippen LogP contribution is -2.45. The van der Waals surface area contributed by atoms with Crippen molar-refractivity contribution in [2.45, 2.75) is 66.5 Å². The number of hydrogen-bond donors (Lipinski definition) is 2. The molecule has 0 amide bonds. The first kappa shape index (κ1) is 24.9. The molecule has 1 unspecified atom stereocenters. The van der Waals surface area contributed by atoms with Crippen molar-refractivity contribution in [3.05, 3.63) is 0 Å². The van der Waals surface area contributed by atoms with Crippen molar-refractivity contribution < 1.29 is 0 Å². The van der Waals surface area contributed by atoms with Crippen molar-refractivity contribution in [2.75, 3.05) is 45.8 Å². The van der Waals surface area contributed by atoms with Crippen molar-refractivity contribution in [3.63, 3.8) is 0 Å². The highest BCUT2D eigenvalue weighted by atomic mass is 127. The molecule has 1 aliphatic rings. The molecule has 1 atom stereocenters. The zero-order valence-electron chi connectivity index (χ0n) is 17.3. The first-order valence-corrected chi connectivity index (χ1v) is 9.98. The normalized spacial score (nSPS) is 18.9. The van der Waals surface area contributed by atoms with Gasteiger partial charge in [0.15, 0.2) is 5.96 Å². The number of nitrogens with one attached hydrogen (secondary N) is 2. The van der Waals surface area contributed by atoms with Crippen LogP contribution < -0.4 is 10.6 Å². The van der Waals surface area contributed by atoms with E-state index in [2.05, 4.69) is 62.0 Å². The van der Waals surface area contributed by atoms with E-state index in [1.165, 1.54) is 32.5 Å². The SMILES string of the molecule is CCCN1CCC(CN=C(NCC)NCCN(C(C)C)C(C)C)C1.I. The molecule has 0 aromatic heterocycles. The Morgan fingerprint density at radius 1 is 1.16 bits per heavy atom. The summed E-state index contributed by atoms with van der Waals surface area (Å²) in [5.74, 6) is 1.69. The van der Waals surface area contributed by atoms with Gasteiger partial charge in [0.1, 0.15) is 0 Å². The van der Waals surface area contributed by atoms with Crippen molar-refractivity contribution in [1.29, 1.82) is 0 Å². The van der Waals surface area contributed by atoms with Gasteiger partial charge >= 0.3 is 0 Å². The van der Waals surface area contributed by atoms with Gasteiger partial charge in [-0.25, -0.2) is 0 Å². The fourth-order valence-electron chi connectivity index (χ4n) is 3.56. The summed E-state index contributed by atoms with van der Waals surface area (Å²) in [6, 6.07) is 1.16. The Morgan fingerprint density at radius 3 is 2.40 bits per heavy atom. The molecule has 0 saturated carbocycles. The van der Waals surface area contributed by atoms with Crippen LogP contribution in [0.3, 0.4) is 0 Å². The smallest absolute Gasteiger partial charge is 0.191 e. The number of hydrogen-bond acceptors (Lipinski definition) is 3. The van der Waals surface area contributed by atoms with Crippen LogP contribution in [-0.4, -0.2) is 73.7 Å². The average Bonchev–Trinajstić information content (AvgIpc) is 2.96. The molecule has 0 radical (unpaired) electrons. The number of rotatable bonds is 10. The van der Waals surface area contributed by atoms with Gasteiger partial charge in [0.25, 0.3) is 0 Å². The summed E-state index contributed by atoms with van der Waals surface area (Å²) in [5.41, 5.74) is 0. The molecule has 1 saturated heterocycles. The van der Waals surface area contributed by atoms with Crippen molar-refractivity contribution in [1.82, 2.24) is 20.4 Å². The van der Waals surface area contributed by atoms with E-state index >= 15 is 0 Å². The Balaban J connectivity index is 0.00000576. The molecule has 0 aliphatic carbocycles. The molecule has 1 aliphatic heterocycles. The third-order valence-corrected chi connectivity index (χ3v) is 4.75. The second kappa shape index (κ2) is 14.0. The minimum Gasteiger partial charge on any atom is -0.357 e. The van der Waals surface area contributed by atoms with E-state index < -0.39 is 0 Å². The Kier molecular flexibility index (Phi) is 14.0. The lowest BCUT2D eigenvalue weighted by Gasteiger charge is -2.30. The third kappa shape index (κ3) is 9.99. The fourth-order valence-corrected chi connectivity index (χ4v) is 3.56. The highest BCUT2D eigenvalue weighted by Gasteiger charge is 2.21. The summed E-state index contributed by atoms with van der Waals surface area (Å²) in [5, 5.41) is 6.89. The highest BCUT2D eigenvalue weighted by Crippen LogP contribution is 2.16. The first-order chi connectivity index (χ1) is 11.5. The van der Waals surface area contributed by atoms with Crippen molar-refractivity contribution >= 4 is 29.9 Å². The Morgan fingerprint density at radius 2 is 1.84 bits per heavy atom. The average molecular weight is 467 g/mol. The summed E-state index contributed by atoms with van der Waals surface area (Å²) >= 11 is 0. The lowest BCUT2D eigenvalue weighted by atomic mass is 10.1. The minimum absolute atomic E-state index is 0. The molecule has 0 bridgehead atoms. The predicted octanol–water partition coefficient (Wildman–Crippen LogP) is 3.01. The number of guanidine groups is 1. The molecule has 0 aromatic carbocycles. The van der Waals surface area contributed by atoms with Gasteiger partial charge in [0, 0.05) is 44.8 Å². The number of nitrogens with zero attached hydrogens (tertiary/aromatic N) is 3. The van der Waals surface area contributed by atoms with E-state index in [1.807, 2.05) is 0 Å². The topological polar surface area (TPSA) is 42.9 Å². The van der Waals surface area contributed by atoms with E-state index in [4.69, 9.17) is 4.99 Å². The van der Waals surface area contributed by atoms with E-state index in [0.29, 0.717) is 12.1 Å². The standard InChI is InChI=1S/C19H41N5.HI/c1-7-11-23-12-9-18(15-23)14-22-19(20-8-2)21-10-13-24(16(3)4)17(5)6;/h16-18H,7-15H2,1-6H3,(H2,20,21,22);1H. The summed E-state index contributed by atoms with van der Waals surface area (Å²) in [6.07, 6.45) is 2.54. The predicted molar refractivity (Wildman–Crippen MR) is 121 cm³/mol. The van der Waals surface area contributed by atoms with Gasteiger partial charge in [0.05, 0.1) is 0 Å². The van der Waals surface area contributed by atoms with Crippen LogP contribution in [0.5, 0.6) is 0 Å². The summed E-state index contributed by atoms with van der Waals surface area (Å²) < 4.78 is 0. The molecule has 0 spiro atoms. The maximum atomic E-state index is 4.83. The molecule has 2 N–H and O–H groups in total. The van der Waals surface area contributed by atoms with Crippen LogP contribution >= 0.6 is 24.0 Å². The molecule has 25 heavy (non-hydrogen) atoms. The van der Waals surface area contributed by atoms with Gasteiger partial charge in [-0.15, -0.1) is 24.0 Å². The number of aliphatic imine (C=N–C) groups is 1. The second-order valence-electron chi connectivity index (χ2n) is 7.53. The molecule has 1 fully saturated rings. The summed E-state index contributed by atoms with van der Waals surface area (Å²) in [7, 11) is 0. The third-order valence-electron chi connectivity index (χ3n) is 4.75. The Bertz CT molecular complexity index is 352. The largest absolute Gasteiger partial charge is 0.357 e. The zero-order chi connectivity index (χ0) is 17.9. The van der Waals surface area contributed by atoms with Crippen LogP contribution in [0.2, 0.25) is 0 Å². The highest BCUT2D eigenvalue weighted by molar-refractivity contribution is 14.0. The molecule has 150 valence electrons. The summed E-state index contributed by atoms with van der Waals surface area (Å²) in [6.45, 7) is 21.0. The molecular formula is C19H42IN5. The summed E-state index contributed by atoms with van der Waals surface area (Å²) in [4.78, 5) is 9.91. The van der Waals surface area contributed by atoms with Crippen LogP contribution in [-0.2, 0) is 0 Å². The lowest BCUT2D eigenvalue weighted by molar-refractivity contribution is 0.178. The molecule has 0 aromatic rings. The number of likely N-dealkylation sites (tertiary alicyclic amines) is 1. The van der Waals surface area contributed by atoms with E-state index in [0.717, 1.165) is 38.1 Å². The van der Waals surface area contributed by atoms with Crippen molar-refractivity contribution in [2.24, 2.45) is 10.9 Å². The van der Waals surface area contributed by atoms with Crippen LogP contribution in [0, 0.1) is 5.92 Å². The van der Waals surface area contributed by atoms with Gasteiger partial charge in [-0.1, -0.05) is 6.92 Å². The zero-order valence-corrected chi connectivity index (χ0v) is 19.7. The molecule has 5 nitrogen and oxygen atoms in total. The van der Waals surface area contributed by atoms with Crippen LogP contribution in [0.25, 0.3) is 0 Å².